The first-order valence-corrected chi connectivity index (χ1v) is 10.8. The van der Waals surface area contributed by atoms with Crippen LogP contribution in [0, 0.1) is 11.7 Å². The molecule has 32 heavy (non-hydrogen) atoms. The van der Waals surface area contributed by atoms with Crippen LogP contribution < -0.4 is 10.2 Å². The van der Waals surface area contributed by atoms with E-state index in [1.807, 2.05) is 30.3 Å². The van der Waals surface area contributed by atoms with Crippen LogP contribution in [0.3, 0.4) is 0 Å². The Kier molecular flexibility index (Phi) is 5.34. The van der Waals surface area contributed by atoms with Crippen molar-refractivity contribution in [2.24, 2.45) is 5.92 Å². The van der Waals surface area contributed by atoms with Gasteiger partial charge in [0.15, 0.2) is 5.69 Å². The molecule has 2 aliphatic rings. The van der Waals surface area contributed by atoms with Crippen molar-refractivity contribution in [3.63, 3.8) is 0 Å². The molecule has 1 aliphatic heterocycles. The van der Waals surface area contributed by atoms with Crippen LogP contribution in [0.2, 0.25) is 0 Å². The second-order valence-corrected chi connectivity index (χ2v) is 8.18. The van der Waals surface area contributed by atoms with Crippen molar-refractivity contribution in [2.75, 3.05) is 36.4 Å². The van der Waals surface area contributed by atoms with Crippen LogP contribution in [-0.2, 0) is 4.79 Å². The van der Waals surface area contributed by atoms with Gasteiger partial charge in [-0.3, -0.25) is 9.59 Å². The van der Waals surface area contributed by atoms with E-state index in [1.54, 1.807) is 27.8 Å². The fourth-order valence-corrected chi connectivity index (χ4v) is 3.90. The van der Waals surface area contributed by atoms with Crippen molar-refractivity contribution < 1.29 is 14.0 Å². The van der Waals surface area contributed by atoms with Crippen molar-refractivity contribution in [1.82, 2.24) is 14.7 Å². The summed E-state index contributed by atoms with van der Waals surface area (Å²) < 4.78 is 14.8. The molecule has 2 amide bonds. The number of halogens is 1. The highest BCUT2D eigenvalue weighted by Crippen LogP contribution is 2.31. The summed E-state index contributed by atoms with van der Waals surface area (Å²) in [4.78, 5) is 29.4. The molecule has 1 N–H and O–H groups in total. The Hall–Kier alpha value is -3.68. The smallest absolute Gasteiger partial charge is 0.274 e. The summed E-state index contributed by atoms with van der Waals surface area (Å²) in [7, 11) is 0. The minimum Gasteiger partial charge on any atom is -0.368 e. The fraction of sp³-hybridized carbons (Fsp3) is 0.292. The van der Waals surface area contributed by atoms with Gasteiger partial charge in [-0.25, -0.2) is 9.07 Å². The molecule has 1 saturated carbocycles. The number of carbonyl (C=O) groups is 2. The highest BCUT2D eigenvalue weighted by atomic mass is 19.1. The lowest BCUT2D eigenvalue weighted by Crippen LogP contribution is -2.48. The van der Waals surface area contributed by atoms with Gasteiger partial charge < -0.3 is 15.1 Å². The van der Waals surface area contributed by atoms with E-state index in [2.05, 4.69) is 15.3 Å². The Morgan fingerprint density at radius 2 is 1.59 bits per heavy atom. The van der Waals surface area contributed by atoms with Gasteiger partial charge in [0.25, 0.3) is 5.91 Å². The quantitative estimate of drug-likeness (QED) is 0.670. The highest BCUT2D eigenvalue weighted by Gasteiger charge is 2.31. The van der Waals surface area contributed by atoms with E-state index in [1.165, 1.54) is 12.1 Å². The summed E-state index contributed by atoms with van der Waals surface area (Å²) in [5, 5.41) is 7.46. The maximum atomic E-state index is 13.2. The van der Waals surface area contributed by atoms with Crippen LogP contribution in [-0.4, -0.2) is 52.7 Å². The van der Waals surface area contributed by atoms with E-state index in [-0.39, 0.29) is 23.5 Å². The number of nitrogens with zero attached hydrogens (tertiary/aromatic N) is 4. The fourth-order valence-electron chi connectivity index (χ4n) is 3.90. The summed E-state index contributed by atoms with van der Waals surface area (Å²) in [6.07, 6.45) is 1.80. The van der Waals surface area contributed by atoms with E-state index in [0.717, 1.165) is 24.2 Å². The number of nitrogens with one attached hydrogen (secondary N) is 1. The molecule has 0 spiro atoms. The van der Waals surface area contributed by atoms with Crippen LogP contribution in [0.4, 0.5) is 15.9 Å². The van der Waals surface area contributed by atoms with E-state index in [0.29, 0.717) is 37.7 Å². The molecular weight excluding hydrogens is 409 g/mol. The van der Waals surface area contributed by atoms with Crippen molar-refractivity contribution in [3.8, 4) is 5.69 Å². The topological polar surface area (TPSA) is 70.5 Å². The van der Waals surface area contributed by atoms with Gasteiger partial charge in [0.1, 0.15) is 11.6 Å². The number of rotatable bonds is 5. The summed E-state index contributed by atoms with van der Waals surface area (Å²) in [5.74, 6) is 0.0877. The van der Waals surface area contributed by atoms with Crippen LogP contribution in [0.25, 0.3) is 5.69 Å². The van der Waals surface area contributed by atoms with Crippen LogP contribution in [0.15, 0.2) is 60.7 Å². The second-order valence-electron chi connectivity index (χ2n) is 8.18. The Balaban J connectivity index is 1.32. The minimum atomic E-state index is -0.263. The van der Waals surface area contributed by atoms with E-state index < -0.39 is 0 Å². The number of hydrogen-bond donors (Lipinski definition) is 1. The summed E-state index contributed by atoms with van der Waals surface area (Å²) in [6.45, 7) is 2.39. The maximum Gasteiger partial charge on any atom is 0.274 e. The zero-order valence-corrected chi connectivity index (χ0v) is 17.6. The maximum absolute atomic E-state index is 13.2. The predicted octanol–water partition coefficient (Wildman–Crippen LogP) is 3.32. The first-order valence-electron chi connectivity index (χ1n) is 10.8. The molecule has 0 radical (unpaired) electrons. The molecule has 3 aromatic rings. The number of amides is 2. The van der Waals surface area contributed by atoms with Gasteiger partial charge in [-0.15, -0.1) is 0 Å². The van der Waals surface area contributed by atoms with Gasteiger partial charge in [-0.05, 0) is 49.2 Å². The van der Waals surface area contributed by atoms with Crippen molar-refractivity contribution in [3.05, 3.63) is 72.2 Å². The molecule has 5 rings (SSSR count). The number of carbonyl (C=O) groups excluding carboxylic acids is 2. The third-order valence-corrected chi connectivity index (χ3v) is 5.89. The Bertz CT molecular complexity index is 1120. The van der Waals surface area contributed by atoms with Crippen molar-refractivity contribution >= 4 is 23.3 Å². The Morgan fingerprint density at radius 1 is 0.906 bits per heavy atom. The van der Waals surface area contributed by atoms with Crippen LogP contribution in [0.5, 0.6) is 0 Å². The minimum absolute atomic E-state index is 0.0333. The molecular formula is C24H24FN5O2. The summed E-state index contributed by atoms with van der Waals surface area (Å²) in [6, 6.07) is 17.5. The average Bonchev–Trinajstić information content (AvgIpc) is 3.60. The first kappa shape index (κ1) is 20.2. The number of hydrogen-bond acceptors (Lipinski definition) is 4. The van der Waals surface area contributed by atoms with E-state index in [9.17, 15) is 14.0 Å². The summed E-state index contributed by atoms with van der Waals surface area (Å²) in [5.41, 5.74) is 2.02. The van der Waals surface area contributed by atoms with E-state index in [4.69, 9.17) is 0 Å². The second kappa shape index (κ2) is 8.45. The number of anilines is 2. The molecule has 7 nitrogen and oxygen atoms in total. The lowest BCUT2D eigenvalue weighted by Gasteiger charge is -2.35. The lowest BCUT2D eigenvalue weighted by atomic mass is 10.2. The monoisotopic (exact) mass is 433 g/mol. The van der Waals surface area contributed by atoms with E-state index >= 15 is 0 Å². The lowest BCUT2D eigenvalue weighted by molar-refractivity contribution is -0.117. The molecule has 1 saturated heterocycles. The number of benzene rings is 2. The first-order chi connectivity index (χ1) is 15.6. The van der Waals surface area contributed by atoms with Gasteiger partial charge in [0.05, 0.1) is 5.69 Å². The molecule has 0 atom stereocenters. The van der Waals surface area contributed by atoms with Crippen molar-refractivity contribution in [1.29, 1.82) is 0 Å². The predicted molar refractivity (Wildman–Crippen MR) is 119 cm³/mol. The van der Waals surface area contributed by atoms with Crippen LogP contribution >= 0.6 is 0 Å². The molecule has 8 heteroatoms. The third kappa shape index (κ3) is 4.21. The highest BCUT2D eigenvalue weighted by molar-refractivity contribution is 5.97. The molecule has 2 aromatic carbocycles. The Labute approximate surface area is 185 Å². The van der Waals surface area contributed by atoms with Gasteiger partial charge in [-0.2, -0.15) is 5.10 Å². The SMILES string of the molecule is O=C(Nc1cc(C(=O)N2CCN(c3ccc(F)cc3)CC2)nn1-c1ccccc1)C1CC1. The van der Waals surface area contributed by atoms with Gasteiger partial charge in [0, 0.05) is 43.9 Å². The third-order valence-electron chi connectivity index (χ3n) is 5.89. The van der Waals surface area contributed by atoms with Gasteiger partial charge in [-0.1, -0.05) is 18.2 Å². The molecule has 2 heterocycles. The van der Waals surface area contributed by atoms with Gasteiger partial charge >= 0.3 is 0 Å². The average molecular weight is 433 g/mol. The number of piperazine rings is 1. The molecule has 2 fully saturated rings. The zero-order chi connectivity index (χ0) is 22.1. The standard InChI is InChI=1S/C24H24FN5O2/c25-18-8-10-19(11-9-18)28-12-14-29(15-13-28)24(32)21-16-22(26-23(31)17-6-7-17)30(27-21)20-4-2-1-3-5-20/h1-5,8-11,16-17H,6-7,12-15H2,(H,26,31). The molecule has 0 bridgehead atoms. The molecule has 1 aromatic heterocycles. The van der Waals surface area contributed by atoms with Crippen molar-refractivity contribution in [2.45, 2.75) is 12.8 Å². The number of aromatic nitrogens is 2. The zero-order valence-electron chi connectivity index (χ0n) is 17.6. The summed E-state index contributed by atoms with van der Waals surface area (Å²) >= 11 is 0. The molecule has 164 valence electrons. The Morgan fingerprint density at radius 3 is 2.25 bits per heavy atom. The largest absolute Gasteiger partial charge is 0.368 e. The molecule has 1 aliphatic carbocycles. The molecule has 0 unspecified atom stereocenters. The normalized spacial score (nSPS) is 16.2. The van der Waals surface area contributed by atoms with Crippen LogP contribution in [0.1, 0.15) is 23.3 Å². The number of para-hydroxylation sites is 1. The van der Waals surface area contributed by atoms with Gasteiger partial charge in [0.2, 0.25) is 5.91 Å².